The molecule has 0 bridgehead atoms. The average Bonchev–Trinajstić information content (AvgIpc) is 2.29. The largest absolute Gasteiger partial charge is 0.320 e. The van der Waals surface area contributed by atoms with E-state index in [2.05, 4.69) is 15.9 Å². The van der Waals surface area contributed by atoms with Gasteiger partial charge in [-0.3, -0.25) is 0 Å². The molecule has 0 spiro atoms. The molecular weight excluding hydrogens is 286 g/mol. The van der Waals surface area contributed by atoms with Crippen LogP contribution in [0, 0.1) is 0 Å². The summed E-state index contributed by atoms with van der Waals surface area (Å²) in [5.74, 6) is 0. The maximum absolute atomic E-state index is 6.19. The van der Waals surface area contributed by atoms with E-state index in [1.54, 1.807) is 0 Å². The number of hydrogen-bond acceptors (Lipinski definition) is 1. The highest BCUT2D eigenvalue weighted by Gasteiger charge is 2.11. The Morgan fingerprint density at radius 2 is 1.75 bits per heavy atom. The van der Waals surface area contributed by atoms with E-state index in [0.29, 0.717) is 5.02 Å². The molecule has 2 rings (SSSR count). The van der Waals surface area contributed by atoms with Crippen molar-refractivity contribution in [2.75, 3.05) is 0 Å². The molecule has 0 heterocycles. The van der Waals surface area contributed by atoms with Crippen LogP contribution in [0.1, 0.15) is 17.2 Å². The molecule has 0 saturated heterocycles. The summed E-state index contributed by atoms with van der Waals surface area (Å²) in [4.78, 5) is 0. The van der Waals surface area contributed by atoms with E-state index >= 15 is 0 Å². The van der Waals surface area contributed by atoms with Crippen LogP contribution in [0.4, 0.5) is 0 Å². The number of hydrogen-bond donors (Lipinski definition) is 1. The monoisotopic (exact) mass is 295 g/mol. The molecule has 1 atom stereocenters. The lowest BCUT2D eigenvalue weighted by atomic mass is 10.00. The minimum atomic E-state index is -0.132. The summed E-state index contributed by atoms with van der Waals surface area (Å²) in [6.45, 7) is 0. The van der Waals surface area contributed by atoms with Gasteiger partial charge in [-0.2, -0.15) is 0 Å². The minimum Gasteiger partial charge on any atom is -0.320 e. The van der Waals surface area contributed by atoms with E-state index < -0.39 is 0 Å². The Bertz CT molecular complexity index is 485. The van der Waals surface area contributed by atoms with Crippen molar-refractivity contribution < 1.29 is 0 Å². The van der Waals surface area contributed by atoms with Gasteiger partial charge in [0.15, 0.2) is 0 Å². The van der Waals surface area contributed by atoms with Gasteiger partial charge in [-0.05, 0) is 23.3 Å². The molecule has 0 radical (unpaired) electrons. The highest BCUT2D eigenvalue weighted by atomic mass is 79.9. The molecule has 3 heteroatoms. The van der Waals surface area contributed by atoms with Crippen molar-refractivity contribution in [3.8, 4) is 0 Å². The maximum Gasteiger partial charge on any atom is 0.0562 e. The molecular formula is C13H11BrClN. The molecule has 1 unspecified atom stereocenters. The van der Waals surface area contributed by atoms with Crippen molar-refractivity contribution in [3.63, 3.8) is 0 Å². The SMILES string of the molecule is NC(c1ccccc1)c1ccc(Cl)cc1Br. The van der Waals surface area contributed by atoms with Crippen LogP contribution in [-0.2, 0) is 0 Å². The van der Waals surface area contributed by atoms with Gasteiger partial charge >= 0.3 is 0 Å². The third kappa shape index (κ3) is 2.46. The standard InChI is InChI=1S/C13H11BrClN/c14-12-8-10(15)6-7-11(12)13(16)9-4-2-1-3-5-9/h1-8,13H,16H2. The second-order valence-electron chi connectivity index (χ2n) is 3.55. The van der Waals surface area contributed by atoms with Gasteiger partial charge in [-0.1, -0.05) is 63.9 Å². The number of nitrogens with two attached hydrogens (primary N) is 1. The summed E-state index contributed by atoms with van der Waals surface area (Å²) in [7, 11) is 0. The zero-order valence-electron chi connectivity index (χ0n) is 8.53. The molecule has 2 aromatic rings. The third-order valence-corrected chi connectivity index (χ3v) is 3.38. The molecule has 0 amide bonds. The van der Waals surface area contributed by atoms with Crippen LogP contribution in [0.15, 0.2) is 53.0 Å². The second kappa shape index (κ2) is 5.00. The summed E-state index contributed by atoms with van der Waals surface area (Å²) in [5.41, 5.74) is 8.32. The zero-order valence-corrected chi connectivity index (χ0v) is 10.9. The second-order valence-corrected chi connectivity index (χ2v) is 4.84. The summed E-state index contributed by atoms with van der Waals surface area (Å²) >= 11 is 9.38. The lowest BCUT2D eigenvalue weighted by Gasteiger charge is -2.14. The average molecular weight is 297 g/mol. The van der Waals surface area contributed by atoms with Crippen LogP contribution < -0.4 is 5.73 Å². The van der Waals surface area contributed by atoms with E-state index in [1.165, 1.54) is 0 Å². The van der Waals surface area contributed by atoms with Gasteiger partial charge in [-0.15, -0.1) is 0 Å². The summed E-state index contributed by atoms with van der Waals surface area (Å²) < 4.78 is 0.941. The number of rotatable bonds is 2. The Balaban J connectivity index is 2.38. The maximum atomic E-state index is 6.19. The molecule has 2 aromatic carbocycles. The molecule has 0 aliphatic carbocycles. The van der Waals surface area contributed by atoms with Crippen LogP contribution in [0.2, 0.25) is 5.02 Å². The van der Waals surface area contributed by atoms with E-state index in [4.69, 9.17) is 17.3 Å². The molecule has 0 saturated carbocycles. The first-order chi connectivity index (χ1) is 7.68. The summed E-state index contributed by atoms with van der Waals surface area (Å²) in [6.07, 6.45) is 0. The molecule has 2 N–H and O–H groups in total. The normalized spacial score (nSPS) is 12.4. The van der Waals surface area contributed by atoms with E-state index in [0.717, 1.165) is 15.6 Å². The number of benzene rings is 2. The first-order valence-electron chi connectivity index (χ1n) is 4.94. The molecule has 0 aliphatic rings. The fourth-order valence-electron chi connectivity index (χ4n) is 1.59. The van der Waals surface area contributed by atoms with Crippen molar-refractivity contribution in [1.82, 2.24) is 0 Å². The fraction of sp³-hybridized carbons (Fsp3) is 0.0769. The van der Waals surface area contributed by atoms with Gasteiger partial charge in [0.1, 0.15) is 0 Å². The van der Waals surface area contributed by atoms with Gasteiger partial charge in [0.05, 0.1) is 6.04 Å². The smallest absolute Gasteiger partial charge is 0.0562 e. The lowest BCUT2D eigenvalue weighted by Crippen LogP contribution is -2.12. The Morgan fingerprint density at radius 1 is 1.06 bits per heavy atom. The van der Waals surface area contributed by atoms with Gasteiger partial charge < -0.3 is 5.73 Å². The van der Waals surface area contributed by atoms with Gasteiger partial charge in [0.25, 0.3) is 0 Å². The molecule has 0 aromatic heterocycles. The number of halogens is 2. The quantitative estimate of drug-likeness (QED) is 0.885. The predicted octanol–water partition coefficient (Wildman–Crippen LogP) is 4.15. The summed E-state index contributed by atoms with van der Waals surface area (Å²) in [6, 6.07) is 15.5. The molecule has 16 heavy (non-hydrogen) atoms. The third-order valence-electron chi connectivity index (χ3n) is 2.46. The molecule has 1 nitrogen and oxygen atoms in total. The van der Waals surface area contributed by atoms with E-state index in [-0.39, 0.29) is 6.04 Å². The Morgan fingerprint density at radius 3 is 2.38 bits per heavy atom. The van der Waals surface area contributed by atoms with Crippen molar-refractivity contribution in [3.05, 3.63) is 69.2 Å². The van der Waals surface area contributed by atoms with Gasteiger partial charge in [0.2, 0.25) is 0 Å². The van der Waals surface area contributed by atoms with E-state index in [9.17, 15) is 0 Å². The van der Waals surface area contributed by atoms with Gasteiger partial charge in [-0.25, -0.2) is 0 Å². The van der Waals surface area contributed by atoms with Crippen LogP contribution in [0.5, 0.6) is 0 Å². The molecule has 82 valence electrons. The van der Waals surface area contributed by atoms with Crippen LogP contribution in [-0.4, -0.2) is 0 Å². The Hall–Kier alpha value is -0.830. The van der Waals surface area contributed by atoms with Crippen molar-refractivity contribution in [2.45, 2.75) is 6.04 Å². The van der Waals surface area contributed by atoms with Crippen molar-refractivity contribution >= 4 is 27.5 Å². The van der Waals surface area contributed by atoms with Gasteiger partial charge in [0, 0.05) is 9.50 Å². The topological polar surface area (TPSA) is 26.0 Å². The minimum absolute atomic E-state index is 0.132. The Kier molecular flexibility index (Phi) is 3.64. The lowest BCUT2D eigenvalue weighted by molar-refractivity contribution is 0.866. The predicted molar refractivity (Wildman–Crippen MR) is 71.6 cm³/mol. The van der Waals surface area contributed by atoms with Crippen LogP contribution in [0.25, 0.3) is 0 Å². The van der Waals surface area contributed by atoms with Crippen LogP contribution in [0.3, 0.4) is 0 Å². The van der Waals surface area contributed by atoms with E-state index in [1.807, 2.05) is 48.5 Å². The first-order valence-corrected chi connectivity index (χ1v) is 6.11. The van der Waals surface area contributed by atoms with Crippen molar-refractivity contribution in [2.24, 2.45) is 5.73 Å². The highest BCUT2D eigenvalue weighted by Crippen LogP contribution is 2.28. The van der Waals surface area contributed by atoms with Crippen molar-refractivity contribution in [1.29, 1.82) is 0 Å². The summed E-state index contributed by atoms with van der Waals surface area (Å²) in [5, 5.41) is 0.705. The Labute approximate surface area is 108 Å². The highest BCUT2D eigenvalue weighted by molar-refractivity contribution is 9.10. The molecule has 0 aliphatic heterocycles. The first kappa shape index (κ1) is 11.6. The molecule has 0 fully saturated rings. The zero-order chi connectivity index (χ0) is 11.5. The fourth-order valence-corrected chi connectivity index (χ4v) is 2.52. The van der Waals surface area contributed by atoms with Crippen LogP contribution >= 0.6 is 27.5 Å².